The predicted molar refractivity (Wildman–Crippen MR) is 58.7 cm³/mol. The fourth-order valence-corrected chi connectivity index (χ4v) is 1.40. The van der Waals surface area contributed by atoms with Gasteiger partial charge in [-0.25, -0.2) is 0 Å². The van der Waals surface area contributed by atoms with Crippen LogP contribution in [0.15, 0.2) is 22.9 Å². The molecule has 0 aliphatic heterocycles. The lowest BCUT2D eigenvalue weighted by Gasteiger charge is -2.16. The molecule has 1 unspecified atom stereocenters. The summed E-state index contributed by atoms with van der Waals surface area (Å²) in [5, 5.41) is 3.33. The number of nitrogens with zero attached hydrogens (tertiary/aromatic N) is 1. The molecule has 1 aromatic rings. The van der Waals surface area contributed by atoms with Crippen molar-refractivity contribution in [3.05, 3.63) is 22.9 Å². The van der Waals surface area contributed by atoms with E-state index in [4.69, 9.17) is 5.73 Å². The van der Waals surface area contributed by atoms with Crippen LogP contribution in [0, 0.1) is 0 Å². The highest BCUT2D eigenvalue weighted by atomic mass is 79.9. The van der Waals surface area contributed by atoms with Crippen molar-refractivity contribution >= 4 is 21.6 Å². The van der Waals surface area contributed by atoms with Crippen LogP contribution in [0.25, 0.3) is 0 Å². The summed E-state index contributed by atoms with van der Waals surface area (Å²) in [4.78, 5) is 3.99. The Labute approximate surface area is 86.9 Å². The highest BCUT2D eigenvalue weighted by molar-refractivity contribution is 9.10. The van der Waals surface area contributed by atoms with Crippen LogP contribution in [-0.4, -0.2) is 17.6 Å². The van der Waals surface area contributed by atoms with Gasteiger partial charge >= 0.3 is 0 Å². The molecular weight excluding hydrogens is 230 g/mol. The zero-order valence-corrected chi connectivity index (χ0v) is 9.21. The normalized spacial score (nSPS) is 12.5. The Morgan fingerprint density at radius 1 is 1.69 bits per heavy atom. The predicted octanol–water partition coefficient (Wildman–Crippen LogP) is 1.99. The maximum absolute atomic E-state index is 5.59. The van der Waals surface area contributed by atoms with E-state index in [0.29, 0.717) is 12.6 Å². The van der Waals surface area contributed by atoms with Crippen LogP contribution < -0.4 is 11.1 Å². The SMILES string of the molecule is CCC(CN)Nc1ccncc1Br. The molecule has 1 heterocycles. The highest BCUT2D eigenvalue weighted by Gasteiger charge is 2.05. The average molecular weight is 244 g/mol. The van der Waals surface area contributed by atoms with E-state index in [1.165, 1.54) is 0 Å². The van der Waals surface area contributed by atoms with Gasteiger partial charge in [-0.15, -0.1) is 0 Å². The van der Waals surface area contributed by atoms with Gasteiger partial charge in [0.2, 0.25) is 0 Å². The number of pyridine rings is 1. The highest BCUT2D eigenvalue weighted by Crippen LogP contribution is 2.20. The van der Waals surface area contributed by atoms with Crippen molar-refractivity contribution in [3.63, 3.8) is 0 Å². The molecule has 0 aromatic carbocycles. The summed E-state index contributed by atoms with van der Waals surface area (Å²) in [5.74, 6) is 0. The zero-order chi connectivity index (χ0) is 9.68. The van der Waals surface area contributed by atoms with Gasteiger partial charge < -0.3 is 11.1 Å². The Bertz CT molecular complexity index is 261. The van der Waals surface area contributed by atoms with E-state index in [1.54, 1.807) is 12.4 Å². The van der Waals surface area contributed by atoms with Gasteiger partial charge in [0.1, 0.15) is 0 Å². The second-order valence-electron chi connectivity index (χ2n) is 2.84. The van der Waals surface area contributed by atoms with Crippen molar-refractivity contribution in [1.82, 2.24) is 4.98 Å². The number of nitrogens with two attached hydrogens (primary N) is 1. The maximum Gasteiger partial charge on any atom is 0.0590 e. The molecule has 3 nitrogen and oxygen atoms in total. The van der Waals surface area contributed by atoms with Crippen molar-refractivity contribution in [2.24, 2.45) is 5.73 Å². The van der Waals surface area contributed by atoms with Crippen LogP contribution in [0.1, 0.15) is 13.3 Å². The summed E-state index contributed by atoms with van der Waals surface area (Å²) in [6.45, 7) is 2.75. The number of hydrogen-bond acceptors (Lipinski definition) is 3. The van der Waals surface area contributed by atoms with Crippen molar-refractivity contribution in [2.45, 2.75) is 19.4 Å². The minimum Gasteiger partial charge on any atom is -0.380 e. The van der Waals surface area contributed by atoms with Crippen molar-refractivity contribution in [2.75, 3.05) is 11.9 Å². The number of hydrogen-bond donors (Lipinski definition) is 2. The molecule has 13 heavy (non-hydrogen) atoms. The van der Waals surface area contributed by atoms with E-state index in [2.05, 4.69) is 33.2 Å². The molecule has 0 fully saturated rings. The van der Waals surface area contributed by atoms with Crippen molar-refractivity contribution in [1.29, 1.82) is 0 Å². The molecule has 1 atom stereocenters. The zero-order valence-electron chi connectivity index (χ0n) is 7.63. The minimum absolute atomic E-state index is 0.332. The third-order valence-electron chi connectivity index (χ3n) is 1.91. The second-order valence-corrected chi connectivity index (χ2v) is 3.70. The summed E-state index contributed by atoms with van der Waals surface area (Å²) >= 11 is 3.42. The van der Waals surface area contributed by atoms with E-state index >= 15 is 0 Å². The average Bonchev–Trinajstić information content (AvgIpc) is 2.17. The van der Waals surface area contributed by atoms with Crippen molar-refractivity contribution < 1.29 is 0 Å². The number of anilines is 1. The van der Waals surface area contributed by atoms with Gasteiger partial charge in [0, 0.05) is 25.0 Å². The molecule has 0 amide bonds. The summed E-state index contributed by atoms with van der Waals surface area (Å²) in [6, 6.07) is 2.27. The van der Waals surface area contributed by atoms with Crippen molar-refractivity contribution in [3.8, 4) is 0 Å². The lowest BCUT2D eigenvalue weighted by molar-refractivity contribution is 0.703. The second kappa shape index (κ2) is 5.19. The lowest BCUT2D eigenvalue weighted by atomic mass is 10.2. The molecule has 0 spiro atoms. The molecule has 0 radical (unpaired) electrons. The number of aromatic nitrogens is 1. The van der Waals surface area contributed by atoms with E-state index in [0.717, 1.165) is 16.6 Å². The molecule has 0 bridgehead atoms. The molecule has 3 N–H and O–H groups in total. The number of halogens is 1. The third-order valence-corrected chi connectivity index (χ3v) is 2.54. The summed E-state index contributed by atoms with van der Waals surface area (Å²) in [6.07, 6.45) is 4.55. The monoisotopic (exact) mass is 243 g/mol. The lowest BCUT2D eigenvalue weighted by Crippen LogP contribution is -2.28. The van der Waals surface area contributed by atoms with Crippen LogP contribution in [0.3, 0.4) is 0 Å². The van der Waals surface area contributed by atoms with Gasteiger partial charge in [0.25, 0.3) is 0 Å². The van der Waals surface area contributed by atoms with E-state index in [1.807, 2.05) is 6.07 Å². The molecule has 4 heteroatoms. The van der Waals surface area contributed by atoms with Crippen LogP contribution in [0.2, 0.25) is 0 Å². The summed E-state index contributed by atoms with van der Waals surface area (Å²) in [7, 11) is 0. The Hall–Kier alpha value is -0.610. The molecule has 0 aliphatic carbocycles. The molecule has 72 valence electrons. The van der Waals surface area contributed by atoms with Gasteiger partial charge in [-0.1, -0.05) is 6.92 Å². The first-order valence-corrected chi connectivity index (χ1v) is 5.13. The first-order valence-electron chi connectivity index (χ1n) is 4.34. The maximum atomic E-state index is 5.59. The van der Waals surface area contributed by atoms with Crippen LogP contribution in [-0.2, 0) is 0 Å². The smallest absolute Gasteiger partial charge is 0.0590 e. The standard InChI is InChI=1S/C9H14BrN3/c1-2-7(5-11)13-9-3-4-12-6-8(9)10/h3-4,6-7H,2,5,11H2,1H3,(H,12,13). The van der Waals surface area contributed by atoms with Crippen LogP contribution >= 0.6 is 15.9 Å². The molecule has 0 saturated heterocycles. The molecule has 0 aliphatic rings. The number of nitrogens with one attached hydrogen (secondary N) is 1. The fourth-order valence-electron chi connectivity index (χ4n) is 1.04. The summed E-state index contributed by atoms with van der Waals surface area (Å²) in [5.41, 5.74) is 6.64. The van der Waals surface area contributed by atoms with Gasteiger partial charge in [0.15, 0.2) is 0 Å². The minimum atomic E-state index is 0.332. The Balaban J connectivity index is 2.67. The van der Waals surface area contributed by atoms with E-state index in [9.17, 15) is 0 Å². The van der Waals surface area contributed by atoms with E-state index < -0.39 is 0 Å². The first kappa shape index (κ1) is 10.5. The van der Waals surface area contributed by atoms with Gasteiger partial charge in [0.05, 0.1) is 10.2 Å². The summed E-state index contributed by atoms with van der Waals surface area (Å²) < 4.78 is 0.974. The Kier molecular flexibility index (Phi) is 4.18. The van der Waals surface area contributed by atoms with E-state index in [-0.39, 0.29) is 0 Å². The Morgan fingerprint density at radius 2 is 2.46 bits per heavy atom. The van der Waals surface area contributed by atoms with Gasteiger partial charge in [-0.05, 0) is 28.4 Å². The third kappa shape index (κ3) is 2.97. The number of rotatable bonds is 4. The van der Waals surface area contributed by atoms with Crippen LogP contribution in [0.4, 0.5) is 5.69 Å². The largest absolute Gasteiger partial charge is 0.380 e. The molecule has 0 saturated carbocycles. The molecule has 1 aromatic heterocycles. The molecule has 1 rings (SSSR count). The van der Waals surface area contributed by atoms with Gasteiger partial charge in [-0.3, -0.25) is 4.98 Å². The Morgan fingerprint density at radius 3 is 3.00 bits per heavy atom. The van der Waals surface area contributed by atoms with Gasteiger partial charge in [-0.2, -0.15) is 0 Å². The van der Waals surface area contributed by atoms with Crippen LogP contribution in [0.5, 0.6) is 0 Å². The fraction of sp³-hybridized carbons (Fsp3) is 0.444. The molecular formula is C9H14BrN3. The first-order chi connectivity index (χ1) is 6.27. The topological polar surface area (TPSA) is 50.9 Å². The quantitative estimate of drug-likeness (QED) is 0.851.